The summed E-state index contributed by atoms with van der Waals surface area (Å²) in [6, 6.07) is 30.7. The number of amides is 3. The van der Waals surface area contributed by atoms with E-state index in [0.717, 1.165) is 21.7 Å². The van der Waals surface area contributed by atoms with E-state index in [-0.39, 0.29) is 17.4 Å². The van der Waals surface area contributed by atoms with Crippen molar-refractivity contribution in [3.8, 4) is 5.75 Å². The lowest BCUT2D eigenvalue weighted by atomic mass is 10.1. The molecule has 7 nitrogen and oxygen atoms in total. The van der Waals surface area contributed by atoms with Crippen LogP contribution in [0.5, 0.6) is 5.75 Å². The fraction of sp³-hybridized carbons (Fsp3) is 0.121. The van der Waals surface area contributed by atoms with Crippen LogP contribution >= 0.6 is 11.8 Å². The minimum absolute atomic E-state index is 0.0821. The highest BCUT2D eigenvalue weighted by Crippen LogP contribution is 2.23. The molecule has 0 bridgehead atoms. The Labute approximate surface area is 244 Å². The molecule has 41 heavy (non-hydrogen) atoms. The number of nitrogens with one attached hydrogen (secondary N) is 3. The Hall–Kier alpha value is -4.82. The number of anilines is 2. The van der Waals surface area contributed by atoms with E-state index in [9.17, 15) is 14.4 Å². The van der Waals surface area contributed by atoms with Crippen molar-refractivity contribution in [1.29, 1.82) is 0 Å². The van der Waals surface area contributed by atoms with Gasteiger partial charge in [-0.15, -0.1) is 11.8 Å². The molecule has 0 saturated carbocycles. The molecule has 4 rings (SSSR count). The van der Waals surface area contributed by atoms with Gasteiger partial charge in [0, 0.05) is 21.8 Å². The van der Waals surface area contributed by atoms with E-state index in [2.05, 4.69) is 16.0 Å². The second-order valence-corrected chi connectivity index (χ2v) is 10.1. The van der Waals surface area contributed by atoms with Crippen molar-refractivity contribution in [2.24, 2.45) is 0 Å². The van der Waals surface area contributed by atoms with Crippen molar-refractivity contribution >= 4 is 46.9 Å². The van der Waals surface area contributed by atoms with Crippen molar-refractivity contribution in [2.45, 2.75) is 18.7 Å². The third-order valence-electron chi connectivity index (χ3n) is 5.91. The van der Waals surface area contributed by atoms with Gasteiger partial charge in [0.05, 0.1) is 12.4 Å². The van der Waals surface area contributed by atoms with Crippen molar-refractivity contribution in [3.63, 3.8) is 0 Å². The molecule has 0 atom stereocenters. The van der Waals surface area contributed by atoms with Crippen LogP contribution in [-0.2, 0) is 9.59 Å². The second kappa shape index (κ2) is 14.5. The molecule has 0 heterocycles. The number of ether oxygens (including phenoxy) is 1. The highest BCUT2D eigenvalue weighted by Gasteiger charge is 2.16. The summed E-state index contributed by atoms with van der Waals surface area (Å²) in [5, 5.41) is 8.53. The van der Waals surface area contributed by atoms with Crippen LogP contribution in [0.3, 0.4) is 0 Å². The maximum absolute atomic E-state index is 13.4. The fourth-order valence-electron chi connectivity index (χ4n) is 3.85. The lowest BCUT2D eigenvalue weighted by Gasteiger charge is -2.12. The molecule has 0 unspecified atom stereocenters. The molecule has 0 aliphatic heterocycles. The molecule has 0 aliphatic carbocycles. The van der Waals surface area contributed by atoms with Crippen molar-refractivity contribution in [3.05, 3.63) is 126 Å². The fourth-order valence-corrected chi connectivity index (χ4v) is 4.60. The van der Waals surface area contributed by atoms with E-state index in [1.807, 2.05) is 62.4 Å². The standard InChI is InChI=1S/C33H31N3O4S/c1-3-40-27-18-16-24(17-19-27)20-30(36-32(38)25-11-5-4-6-12-25)33(39)34-26-13-9-14-28(21-26)41-22-31(37)35-29-15-8-7-10-23(29)2/h4-21H,3,22H2,1-2H3,(H,34,39)(H,35,37)(H,36,38)/b30-20+. The molecule has 3 amide bonds. The molecule has 0 aliphatic rings. The summed E-state index contributed by atoms with van der Waals surface area (Å²) in [6.45, 7) is 4.39. The molecule has 8 heteroatoms. The largest absolute Gasteiger partial charge is 0.494 e. The molecular formula is C33H31N3O4S. The van der Waals surface area contributed by atoms with Crippen molar-refractivity contribution in [1.82, 2.24) is 5.32 Å². The summed E-state index contributed by atoms with van der Waals surface area (Å²) in [6.07, 6.45) is 1.61. The first kappa shape index (κ1) is 29.2. The monoisotopic (exact) mass is 565 g/mol. The zero-order valence-corrected chi connectivity index (χ0v) is 23.7. The summed E-state index contributed by atoms with van der Waals surface area (Å²) in [5.74, 6) is -0.0831. The van der Waals surface area contributed by atoms with Crippen molar-refractivity contribution < 1.29 is 19.1 Å². The molecular weight excluding hydrogens is 534 g/mol. The van der Waals surface area contributed by atoms with Gasteiger partial charge in [0.25, 0.3) is 11.8 Å². The predicted octanol–water partition coefficient (Wildman–Crippen LogP) is 6.53. The quantitative estimate of drug-likeness (QED) is 0.142. The zero-order chi connectivity index (χ0) is 29.0. The third-order valence-corrected chi connectivity index (χ3v) is 6.91. The summed E-state index contributed by atoms with van der Waals surface area (Å²) < 4.78 is 5.50. The molecule has 0 fully saturated rings. The average Bonchev–Trinajstić information content (AvgIpc) is 2.98. The van der Waals surface area contributed by atoms with Gasteiger partial charge >= 0.3 is 0 Å². The summed E-state index contributed by atoms with van der Waals surface area (Å²) in [4.78, 5) is 39.6. The third kappa shape index (κ3) is 8.84. The molecule has 208 valence electrons. The Morgan fingerprint density at radius 2 is 1.56 bits per heavy atom. The Kier molecular flexibility index (Phi) is 10.3. The molecule has 4 aromatic carbocycles. The van der Waals surface area contributed by atoms with Gasteiger partial charge in [-0.3, -0.25) is 14.4 Å². The van der Waals surface area contributed by atoms with Crippen LogP contribution in [-0.4, -0.2) is 30.1 Å². The maximum Gasteiger partial charge on any atom is 0.272 e. The van der Waals surface area contributed by atoms with Crippen LogP contribution in [0.2, 0.25) is 0 Å². The lowest BCUT2D eigenvalue weighted by Crippen LogP contribution is -2.30. The molecule has 0 aromatic heterocycles. The number of hydrogen-bond donors (Lipinski definition) is 3. The minimum atomic E-state index is -0.484. The van der Waals surface area contributed by atoms with E-state index < -0.39 is 11.8 Å². The van der Waals surface area contributed by atoms with E-state index >= 15 is 0 Å². The van der Waals surface area contributed by atoms with E-state index in [0.29, 0.717) is 23.6 Å². The van der Waals surface area contributed by atoms with Crippen LogP contribution < -0.4 is 20.7 Å². The maximum atomic E-state index is 13.4. The molecule has 4 aromatic rings. The number of thioether (sulfide) groups is 1. The van der Waals surface area contributed by atoms with E-state index in [1.54, 1.807) is 60.7 Å². The first-order valence-electron chi connectivity index (χ1n) is 13.1. The van der Waals surface area contributed by atoms with Crippen LogP contribution in [0.4, 0.5) is 11.4 Å². The number of hydrogen-bond acceptors (Lipinski definition) is 5. The first-order chi connectivity index (χ1) is 19.9. The van der Waals surface area contributed by atoms with Crippen molar-refractivity contribution in [2.75, 3.05) is 23.0 Å². The normalized spacial score (nSPS) is 10.9. The highest BCUT2D eigenvalue weighted by molar-refractivity contribution is 8.00. The number of carbonyl (C=O) groups is 3. The Morgan fingerprint density at radius 3 is 2.29 bits per heavy atom. The molecule has 0 spiro atoms. The van der Waals surface area contributed by atoms with Gasteiger partial charge in [-0.1, -0.05) is 54.6 Å². The van der Waals surface area contributed by atoms with E-state index in [4.69, 9.17) is 4.74 Å². The number of benzene rings is 4. The number of rotatable bonds is 11. The highest BCUT2D eigenvalue weighted by atomic mass is 32.2. The van der Waals surface area contributed by atoms with Gasteiger partial charge in [-0.2, -0.15) is 0 Å². The number of aryl methyl sites for hydroxylation is 1. The van der Waals surface area contributed by atoms with Gasteiger partial charge < -0.3 is 20.7 Å². The van der Waals surface area contributed by atoms with Gasteiger partial charge in [-0.05, 0) is 79.6 Å². The lowest BCUT2D eigenvalue weighted by molar-refractivity contribution is -0.114. The first-order valence-corrected chi connectivity index (χ1v) is 14.1. The van der Waals surface area contributed by atoms with Crippen LogP contribution in [0, 0.1) is 6.92 Å². The van der Waals surface area contributed by atoms with Gasteiger partial charge in [0.2, 0.25) is 5.91 Å². The molecule has 0 saturated heterocycles. The van der Waals surface area contributed by atoms with Gasteiger partial charge in [-0.25, -0.2) is 0 Å². The second-order valence-electron chi connectivity index (χ2n) is 9.01. The minimum Gasteiger partial charge on any atom is -0.494 e. The van der Waals surface area contributed by atoms with Gasteiger partial charge in [0.1, 0.15) is 11.4 Å². The topological polar surface area (TPSA) is 96.5 Å². The van der Waals surface area contributed by atoms with Crippen LogP contribution in [0.1, 0.15) is 28.4 Å². The van der Waals surface area contributed by atoms with E-state index in [1.165, 1.54) is 11.8 Å². The van der Waals surface area contributed by atoms with Crippen LogP contribution in [0.25, 0.3) is 6.08 Å². The molecule has 0 radical (unpaired) electrons. The van der Waals surface area contributed by atoms with Gasteiger partial charge in [0.15, 0.2) is 0 Å². The number of carbonyl (C=O) groups excluding carboxylic acids is 3. The SMILES string of the molecule is CCOc1ccc(/C=C(/NC(=O)c2ccccc2)C(=O)Nc2cccc(SCC(=O)Nc3ccccc3C)c2)cc1. The molecule has 3 N–H and O–H groups in total. The Bertz CT molecular complexity index is 1540. The Morgan fingerprint density at radius 1 is 0.829 bits per heavy atom. The summed E-state index contributed by atoms with van der Waals surface area (Å²) >= 11 is 1.36. The predicted molar refractivity (Wildman–Crippen MR) is 165 cm³/mol. The zero-order valence-electron chi connectivity index (χ0n) is 22.8. The van der Waals surface area contributed by atoms with Crippen LogP contribution in [0.15, 0.2) is 114 Å². The average molecular weight is 566 g/mol. The smallest absolute Gasteiger partial charge is 0.272 e. The number of para-hydroxylation sites is 1. The summed E-state index contributed by atoms with van der Waals surface area (Å²) in [5.41, 5.74) is 3.54. The summed E-state index contributed by atoms with van der Waals surface area (Å²) in [7, 11) is 0. The Balaban J connectivity index is 1.46.